The average molecular weight is 336 g/mol. The normalized spacial score (nSPS) is 18.6. The molecule has 7 heteroatoms. The number of nitrogens with two attached hydrogens (primary N) is 1. The maximum Gasteiger partial charge on any atom is 0.236 e. The summed E-state index contributed by atoms with van der Waals surface area (Å²) in [6, 6.07) is 4.54. The second-order valence-corrected chi connectivity index (χ2v) is 5.57. The van der Waals surface area contributed by atoms with E-state index in [0.717, 1.165) is 36.1 Å². The predicted octanol–water partition coefficient (Wildman–Crippen LogP) is 3.17. The van der Waals surface area contributed by atoms with Gasteiger partial charge in [-0.05, 0) is 30.8 Å². The highest BCUT2D eigenvalue weighted by atomic mass is 35.5. The van der Waals surface area contributed by atoms with Gasteiger partial charge in [-0.15, -0.1) is 36.2 Å². The van der Waals surface area contributed by atoms with Crippen molar-refractivity contribution in [1.82, 2.24) is 9.88 Å². The van der Waals surface area contributed by atoms with Crippen molar-refractivity contribution in [3.63, 3.8) is 0 Å². The average Bonchev–Trinajstić information content (AvgIpc) is 3.10. The fraction of sp³-hybridized carbons (Fsp3) is 0.462. The van der Waals surface area contributed by atoms with Gasteiger partial charge in [0.25, 0.3) is 0 Å². The van der Waals surface area contributed by atoms with Crippen molar-refractivity contribution in [2.75, 3.05) is 13.1 Å². The molecule has 2 aromatic heterocycles. The zero-order chi connectivity index (χ0) is 12.4. The summed E-state index contributed by atoms with van der Waals surface area (Å²) in [4.78, 5) is 8.03. The lowest BCUT2D eigenvalue weighted by atomic mass is 10.2. The van der Waals surface area contributed by atoms with E-state index in [-0.39, 0.29) is 24.8 Å². The Morgan fingerprint density at radius 2 is 2.30 bits per heavy atom. The first-order valence-electron chi connectivity index (χ1n) is 6.29. The molecule has 0 amide bonds. The number of halogens is 2. The van der Waals surface area contributed by atoms with Crippen LogP contribution < -0.4 is 5.73 Å². The van der Waals surface area contributed by atoms with Gasteiger partial charge < -0.3 is 10.2 Å². The van der Waals surface area contributed by atoms with Crippen LogP contribution in [0.3, 0.4) is 0 Å². The number of hydrogen-bond donors (Lipinski definition) is 1. The Bertz CT molecular complexity index is 503. The van der Waals surface area contributed by atoms with E-state index in [1.54, 1.807) is 17.6 Å². The summed E-state index contributed by atoms with van der Waals surface area (Å²) < 4.78 is 5.53. The van der Waals surface area contributed by atoms with Crippen molar-refractivity contribution in [1.29, 1.82) is 0 Å². The number of oxazole rings is 1. The summed E-state index contributed by atoms with van der Waals surface area (Å²) in [5.74, 6) is 0.725. The summed E-state index contributed by atoms with van der Waals surface area (Å²) in [6.07, 6.45) is 4.20. The lowest BCUT2D eigenvalue weighted by Crippen LogP contribution is -2.34. The summed E-state index contributed by atoms with van der Waals surface area (Å²) in [5, 5.41) is 2.03. The molecular formula is C13H19Cl2N3OS. The van der Waals surface area contributed by atoms with E-state index < -0.39 is 0 Å². The smallest absolute Gasteiger partial charge is 0.236 e. The van der Waals surface area contributed by atoms with Crippen LogP contribution in [0.1, 0.15) is 18.5 Å². The quantitative estimate of drug-likeness (QED) is 0.932. The maximum atomic E-state index is 5.78. The molecule has 20 heavy (non-hydrogen) atoms. The molecule has 2 aromatic rings. The van der Waals surface area contributed by atoms with E-state index >= 15 is 0 Å². The molecule has 0 aromatic carbocycles. The minimum absolute atomic E-state index is 0. The molecule has 1 aliphatic heterocycles. The van der Waals surface area contributed by atoms with Gasteiger partial charge in [-0.2, -0.15) is 0 Å². The molecule has 0 aliphatic carbocycles. The molecule has 1 fully saturated rings. The number of aromatic nitrogens is 1. The van der Waals surface area contributed by atoms with Crippen LogP contribution in [0.15, 0.2) is 28.2 Å². The van der Waals surface area contributed by atoms with Crippen molar-refractivity contribution in [3.8, 4) is 10.8 Å². The third-order valence-corrected chi connectivity index (χ3v) is 4.28. The maximum absolute atomic E-state index is 5.78. The molecule has 0 radical (unpaired) electrons. The molecule has 112 valence electrons. The highest BCUT2D eigenvalue weighted by molar-refractivity contribution is 7.13. The van der Waals surface area contributed by atoms with Crippen molar-refractivity contribution in [2.24, 2.45) is 5.73 Å². The Morgan fingerprint density at radius 3 is 3.00 bits per heavy atom. The molecule has 2 N–H and O–H groups in total. The minimum atomic E-state index is 0. The van der Waals surface area contributed by atoms with Gasteiger partial charge in [0, 0.05) is 19.1 Å². The van der Waals surface area contributed by atoms with Crippen LogP contribution >= 0.6 is 36.2 Å². The van der Waals surface area contributed by atoms with Crippen LogP contribution in [-0.4, -0.2) is 29.0 Å². The fourth-order valence-corrected chi connectivity index (χ4v) is 3.13. The number of thiophene rings is 1. The zero-order valence-corrected chi connectivity index (χ0v) is 13.5. The summed E-state index contributed by atoms with van der Waals surface area (Å²) >= 11 is 1.65. The SMILES string of the molecule is Cl.Cl.NCC1CCCN1Cc1coc(-c2cccs2)n1. The van der Waals surface area contributed by atoms with Crippen LogP contribution in [-0.2, 0) is 6.54 Å². The van der Waals surface area contributed by atoms with Crippen LogP contribution in [0.2, 0.25) is 0 Å². The summed E-state index contributed by atoms with van der Waals surface area (Å²) in [7, 11) is 0. The Balaban J connectivity index is 0.000001000. The van der Waals surface area contributed by atoms with E-state index in [0.29, 0.717) is 6.04 Å². The largest absolute Gasteiger partial charge is 0.444 e. The van der Waals surface area contributed by atoms with Gasteiger partial charge >= 0.3 is 0 Å². The van der Waals surface area contributed by atoms with E-state index in [1.807, 2.05) is 17.5 Å². The van der Waals surface area contributed by atoms with Crippen molar-refractivity contribution >= 4 is 36.2 Å². The van der Waals surface area contributed by atoms with Gasteiger partial charge in [0.2, 0.25) is 5.89 Å². The first kappa shape index (κ1) is 17.5. The topological polar surface area (TPSA) is 55.3 Å². The molecule has 1 atom stereocenters. The fourth-order valence-electron chi connectivity index (χ4n) is 2.47. The van der Waals surface area contributed by atoms with Crippen molar-refractivity contribution in [2.45, 2.75) is 25.4 Å². The number of hydrogen-bond acceptors (Lipinski definition) is 5. The number of nitrogens with zero attached hydrogens (tertiary/aromatic N) is 2. The van der Waals surface area contributed by atoms with Gasteiger partial charge in [0.15, 0.2) is 0 Å². The van der Waals surface area contributed by atoms with Gasteiger partial charge in [0.05, 0.1) is 10.6 Å². The third-order valence-electron chi connectivity index (χ3n) is 3.42. The Hall–Kier alpha value is -0.590. The van der Waals surface area contributed by atoms with Gasteiger partial charge in [-0.25, -0.2) is 4.98 Å². The molecule has 1 saturated heterocycles. The Kier molecular flexibility index (Phi) is 6.99. The van der Waals surface area contributed by atoms with E-state index in [2.05, 4.69) is 9.88 Å². The first-order chi connectivity index (χ1) is 8.86. The second-order valence-electron chi connectivity index (χ2n) is 4.62. The molecule has 0 spiro atoms. The second kappa shape index (κ2) is 8.00. The summed E-state index contributed by atoms with van der Waals surface area (Å²) in [6.45, 7) is 2.69. The van der Waals surface area contributed by atoms with Crippen molar-refractivity contribution < 1.29 is 4.42 Å². The third kappa shape index (κ3) is 3.74. The van der Waals surface area contributed by atoms with E-state index in [1.165, 1.54) is 12.8 Å². The van der Waals surface area contributed by atoms with E-state index in [9.17, 15) is 0 Å². The van der Waals surface area contributed by atoms with Crippen LogP contribution in [0.25, 0.3) is 10.8 Å². The molecule has 0 bridgehead atoms. The van der Waals surface area contributed by atoms with E-state index in [4.69, 9.17) is 10.2 Å². The number of rotatable bonds is 4. The lowest BCUT2D eigenvalue weighted by Gasteiger charge is -2.21. The van der Waals surface area contributed by atoms with Gasteiger partial charge in [0.1, 0.15) is 6.26 Å². The monoisotopic (exact) mass is 335 g/mol. The number of likely N-dealkylation sites (tertiary alicyclic amines) is 1. The Morgan fingerprint density at radius 1 is 1.45 bits per heavy atom. The standard InChI is InChI=1S/C13H17N3OS.2ClH/c14-7-11-3-1-5-16(11)8-10-9-17-13(15-10)12-4-2-6-18-12;;/h2,4,6,9,11H,1,3,5,7-8,14H2;2*1H. The molecule has 1 aliphatic rings. The predicted molar refractivity (Wildman–Crippen MR) is 86.8 cm³/mol. The molecule has 3 heterocycles. The van der Waals surface area contributed by atoms with Crippen LogP contribution in [0, 0.1) is 0 Å². The van der Waals surface area contributed by atoms with Crippen LogP contribution in [0.4, 0.5) is 0 Å². The molecule has 0 saturated carbocycles. The molecule has 3 rings (SSSR count). The lowest BCUT2D eigenvalue weighted by molar-refractivity contribution is 0.247. The van der Waals surface area contributed by atoms with Crippen molar-refractivity contribution in [3.05, 3.63) is 29.5 Å². The highest BCUT2D eigenvalue weighted by Crippen LogP contribution is 2.25. The highest BCUT2D eigenvalue weighted by Gasteiger charge is 2.24. The molecular weight excluding hydrogens is 317 g/mol. The molecule has 4 nitrogen and oxygen atoms in total. The zero-order valence-electron chi connectivity index (χ0n) is 11.0. The van der Waals surface area contributed by atoms with Crippen LogP contribution in [0.5, 0.6) is 0 Å². The summed E-state index contributed by atoms with van der Waals surface area (Å²) in [5.41, 5.74) is 6.78. The van der Waals surface area contributed by atoms with Gasteiger partial charge in [-0.1, -0.05) is 6.07 Å². The molecule has 1 unspecified atom stereocenters. The Labute approximate surface area is 135 Å². The first-order valence-corrected chi connectivity index (χ1v) is 7.17. The minimum Gasteiger partial charge on any atom is -0.444 e. The van der Waals surface area contributed by atoms with Gasteiger partial charge in [-0.3, -0.25) is 4.90 Å².